The van der Waals surface area contributed by atoms with E-state index in [0.717, 1.165) is 5.69 Å². The molecule has 6 heteroatoms. The van der Waals surface area contributed by atoms with Crippen LogP contribution in [0.5, 0.6) is 0 Å². The number of nitrogens with two attached hydrogens (primary N) is 1. The van der Waals surface area contributed by atoms with Crippen molar-refractivity contribution in [2.45, 2.75) is 6.92 Å². The zero-order chi connectivity index (χ0) is 14.1. The van der Waals surface area contributed by atoms with Gasteiger partial charge in [-0.2, -0.15) is 4.98 Å². The van der Waals surface area contributed by atoms with Gasteiger partial charge in [0.1, 0.15) is 5.69 Å². The zero-order valence-corrected chi connectivity index (χ0v) is 11.4. The van der Waals surface area contributed by atoms with Crippen LogP contribution in [0.25, 0.3) is 23.0 Å². The summed E-state index contributed by atoms with van der Waals surface area (Å²) in [6.07, 6.45) is 0. The molecule has 0 aliphatic carbocycles. The molecule has 1 aromatic carbocycles. The van der Waals surface area contributed by atoms with Crippen molar-refractivity contribution in [1.82, 2.24) is 15.1 Å². The summed E-state index contributed by atoms with van der Waals surface area (Å²) in [7, 11) is 0. The highest BCUT2D eigenvalue weighted by atomic mass is 35.5. The van der Waals surface area contributed by atoms with Crippen LogP contribution in [0.15, 0.2) is 40.9 Å². The van der Waals surface area contributed by atoms with Crippen molar-refractivity contribution in [1.29, 1.82) is 0 Å². The second kappa shape index (κ2) is 4.94. The minimum Gasteiger partial charge on any atom is -0.399 e. The van der Waals surface area contributed by atoms with Gasteiger partial charge >= 0.3 is 0 Å². The number of anilines is 1. The molecule has 0 saturated carbocycles. The van der Waals surface area contributed by atoms with E-state index in [1.54, 1.807) is 18.2 Å². The SMILES string of the molecule is Cc1cccc(-c2noc(-c3cc(N)cc(Cl)c3)n2)n1. The van der Waals surface area contributed by atoms with E-state index in [0.29, 0.717) is 33.7 Å². The lowest BCUT2D eigenvalue weighted by molar-refractivity contribution is 0.432. The van der Waals surface area contributed by atoms with E-state index in [1.807, 2.05) is 25.1 Å². The lowest BCUT2D eigenvalue weighted by atomic mass is 10.2. The summed E-state index contributed by atoms with van der Waals surface area (Å²) in [6.45, 7) is 1.90. The van der Waals surface area contributed by atoms with Gasteiger partial charge in [-0.25, -0.2) is 4.98 Å². The molecule has 0 saturated heterocycles. The van der Waals surface area contributed by atoms with Gasteiger partial charge in [0.15, 0.2) is 0 Å². The molecule has 5 nitrogen and oxygen atoms in total. The molecule has 2 heterocycles. The van der Waals surface area contributed by atoms with Crippen molar-refractivity contribution >= 4 is 17.3 Å². The van der Waals surface area contributed by atoms with Gasteiger partial charge < -0.3 is 10.3 Å². The van der Waals surface area contributed by atoms with Gasteiger partial charge in [-0.1, -0.05) is 22.8 Å². The van der Waals surface area contributed by atoms with E-state index in [1.165, 1.54) is 0 Å². The van der Waals surface area contributed by atoms with Crippen molar-refractivity contribution in [3.63, 3.8) is 0 Å². The number of aromatic nitrogens is 3. The fourth-order valence-corrected chi connectivity index (χ4v) is 2.09. The van der Waals surface area contributed by atoms with Crippen LogP contribution in [-0.4, -0.2) is 15.1 Å². The number of pyridine rings is 1. The lowest BCUT2D eigenvalue weighted by Gasteiger charge is -1.98. The molecule has 3 aromatic rings. The molecule has 20 heavy (non-hydrogen) atoms. The minimum absolute atomic E-state index is 0.359. The second-order valence-electron chi connectivity index (χ2n) is 4.36. The Kier molecular flexibility index (Phi) is 3.12. The zero-order valence-electron chi connectivity index (χ0n) is 10.7. The van der Waals surface area contributed by atoms with E-state index < -0.39 is 0 Å². The predicted octanol–water partition coefficient (Wildman–Crippen LogP) is 3.34. The monoisotopic (exact) mass is 286 g/mol. The van der Waals surface area contributed by atoms with Crippen LogP contribution in [0.1, 0.15) is 5.69 Å². The Labute approximate surface area is 120 Å². The molecular formula is C14H11ClN4O. The van der Waals surface area contributed by atoms with Gasteiger partial charge in [-0.3, -0.25) is 0 Å². The number of hydrogen-bond donors (Lipinski definition) is 1. The molecule has 0 spiro atoms. The summed E-state index contributed by atoms with van der Waals surface area (Å²) in [6, 6.07) is 10.7. The van der Waals surface area contributed by atoms with E-state index >= 15 is 0 Å². The molecule has 2 N–H and O–H groups in total. The second-order valence-corrected chi connectivity index (χ2v) is 4.80. The first-order valence-corrected chi connectivity index (χ1v) is 6.34. The fourth-order valence-electron chi connectivity index (χ4n) is 1.85. The third kappa shape index (κ3) is 2.48. The molecule has 2 aromatic heterocycles. The summed E-state index contributed by atoms with van der Waals surface area (Å²) in [5.74, 6) is 0.791. The Morgan fingerprint density at radius 3 is 2.75 bits per heavy atom. The largest absolute Gasteiger partial charge is 0.399 e. The van der Waals surface area contributed by atoms with Gasteiger partial charge in [0, 0.05) is 22.0 Å². The molecule has 100 valence electrons. The summed E-state index contributed by atoms with van der Waals surface area (Å²) < 4.78 is 5.24. The normalized spacial score (nSPS) is 10.7. The lowest BCUT2D eigenvalue weighted by Crippen LogP contribution is -1.88. The van der Waals surface area contributed by atoms with Gasteiger partial charge in [0.25, 0.3) is 5.89 Å². The molecule has 0 bridgehead atoms. The first-order chi connectivity index (χ1) is 9.61. The fraction of sp³-hybridized carbons (Fsp3) is 0.0714. The molecule has 3 rings (SSSR count). The molecular weight excluding hydrogens is 276 g/mol. The van der Waals surface area contributed by atoms with Crippen LogP contribution in [0, 0.1) is 6.92 Å². The number of benzene rings is 1. The predicted molar refractivity (Wildman–Crippen MR) is 77.1 cm³/mol. The van der Waals surface area contributed by atoms with Gasteiger partial charge in [-0.15, -0.1) is 0 Å². The van der Waals surface area contributed by atoms with Crippen LogP contribution in [-0.2, 0) is 0 Å². The van der Waals surface area contributed by atoms with Gasteiger partial charge in [-0.05, 0) is 37.3 Å². The third-order valence-corrected chi connectivity index (χ3v) is 2.93. The molecule has 0 amide bonds. The molecule has 0 unspecified atom stereocenters. The third-order valence-electron chi connectivity index (χ3n) is 2.71. The van der Waals surface area contributed by atoms with Crippen molar-refractivity contribution < 1.29 is 4.52 Å². The first-order valence-electron chi connectivity index (χ1n) is 5.96. The number of nitrogen functional groups attached to an aromatic ring is 1. The maximum Gasteiger partial charge on any atom is 0.258 e. The maximum atomic E-state index is 5.96. The number of nitrogens with zero attached hydrogens (tertiary/aromatic N) is 3. The highest BCUT2D eigenvalue weighted by molar-refractivity contribution is 6.31. The highest BCUT2D eigenvalue weighted by Crippen LogP contribution is 2.26. The minimum atomic E-state index is 0.359. The average Bonchev–Trinajstić information content (AvgIpc) is 2.87. The molecule has 0 atom stereocenters. The molecule has 0 radical (unpaired) electrons. The first kappa shape index (κ1) is 12.6. The molecule has 0 aliphatic heterocycles. The van der Waals surface area contributed by atoms with Gasteiger partial charge in [0.05, 0.1) is 0 Å². The standard InChI is InChI=1S/C14H11ClN4O/c1-8-3-2-4-12(17-8)13-18-14(20-19-13)9-5-10(15)7-11(16)6-9/h2-7H,16H2,1H3. The summed E-state index contributed by atoms with van der Waals surface area (Å²) in [5.41, 5.74) is 8.52. The van der Waals surface area contributed by atoms with Crippen LogP contribution >= 0.6 is 11.6 Å². The van der Waals surface area contributed by atoms with E-state index in [2.05, 4.69) is 15.1 Å². The number of hydrogen-bond acceptors (Lipinski definition) is 5. The molecule has 0 aliphatic rings. The van der Waals surface area contributed by atoms with Crippen LogP contribution < -0.4 is 5.73 Å². The number of aryl methyl sites for hydroxylation is 1. The van der Waals surface area contributed by atoms with Gasteiger partial charge in [0.2, 0.25) is 5.82 Å². The summed E-state index contributed by atoms with van der Waals surface area (Å²) in [4.78, 5) is 8.67. The Morgan fingerprint density at radius 2 is 2.00 bits per heavy atom. The van der Waals surface area contributed by atoms with Crippen LogP contribution in [0.3, 0.4) is 0 Å². The van der Waals surface area contributed by atoms with Crippen molar-refractivity contribution in [3.05, 3.63) is 47.1 Å². The van der Waals surface area contributed by atoms with E-state index in [-0.39, 0.29) is 0 Å². The number of rotatable bonds is 2. The molecule has 0 fully saturated rings. The highest BCUT2D eigenvalue weighted by Gasteiger charge is 2.12. The van der Waals surface area contributed by atoms with Crippen molar-refractivity contribution in [2.75, 3.05) is 5.73 Å². The number of halogens is 1. The Hall–Kier alpha value is -2.40. The topological polar surface area (TPSA) is 77.8 Å². The summed E-state index contributed by atoms with van der Waals surface area (Å²) in [5, 5.41) is 4.45. The Morgan fingerprint density at radius 1 is 1.15 bits per heavy atom. The maximum absolute atomic E-state index is 5.96. The summed E-state index contributed by atoms with van der Waals surface area (Å²) >= 11 is 5.96. The average molecular weight is 287 g/mol. The van der Waals surface area contributed by atoms with E-state index in [9.17, 15) is 0 Å². The van der Waals surface area contributed by atoms with Crippen molar-refractivity contribution in [3.8, 4) is 23.0 Å². The van der Waals surface area contributed by atoms with Crippen molar-refractivity contribution in [2.24, 2.45) is 0 Å². The Bertz CT molecular complexity index is 749. The van der Waals surface area contributed by atoms with Crippen LogP contribution in [0.4, 0.5) is 5.69 Å². The van der Waals surface area contributed by atoms with Crippen LogP contribution in [0.2, 0.25) is 5.02 Å². The van der Waals surface area contributed by atoms with E-state index in [4.69, 9.17) is 21.9 Å². The Balaban J connectivity index is 2.02. The quantitative estimate of drug-likeness (QED) is 0.731. The smallest absolute Gasteiger partial charge is 0.258 e.